The summed E-state index contributed by atoms with van der Waals surface area (Å²) < 4.78 is 1.75. The molecule has 146 valence electrons. The maximum absolute atomic E-state index is 12.5. The second-order valence-electron chi connectivity index (χ2n) is 7.94. The zero-order valence-electron chi connectivity index (χ0n) is 16.4. The topological polar surface area (TPSA) is 44.6 Å². The highest BCUT2D eigenvalue weighted by atomic mass is 35.5. The van der Waals surface area contributed by atoms with E-state index >= 15 is 0 Å². The van der Waals surface area contributed by atoms with Gasteiger partial charge in [0.15, 0.2) is 0 Å². The average molecular weight is 382 g/mol. The number of nitrogens with zero attached hydrogens (tertiary/aromatic N) is 5. The van der Waals surface area contributed by atoms with E-state index in [2.05, 4.69) is 21.9 Å². The molecular weight excluding hydrogens is 350 g/mol. The highest BCUT2D eigenvalue weighted by molar-refractivity contribution is 6.30. The number of hydrogen-bond acceptors (Lipinski definition) is 4. The van der Waals surface area contributed by atoms with Crippen LogP contribution < -0.4 is 0 Å². The first-order chi connectivity index (χ1) is 12.4. The molecule has 3 rings (SSSR count). The van der Waals surface area contributed by atoms with Crippen molar-refractivity contribution in [3.63, 3.8) is 0 Å². The average Bonchev–Trinajstić information content (AvgIpc) is 2.87. The van der Waals surface area contributed by atoms with Crippen LogP contribution in [0.5, 0.6) is 0 Å². The fraction of sp³-hybridized carbons (Fsp3) is 0.789. The Kier molecular flexibility index (Phi) is 6.59. The third-order valence-corrected chi connectivity index (χ3v) is 6.35. The van der Waals surface area contributed by atoms with Crippen molar-refractivity contribution in [2.24, 2.45) is 13.0 Å². The summed E-state index contributed by atoms with van der Waals surface area (Å²) in [7, 11) is 4.01. The number of amides is 1. The molecule has 0 radical (unpaired) electrons. The summed E-state index contributed by atoms with van der Waals surface area (Å²) >= 11 is 6.39. The molecule has 1 amide bonds. The molecule has 2 aliphatic heterocycles. The van der Waals surface area contributed by atoms with Gasteiger partial charge >= 0.3 is 0 Å². The Balaban J connectivity index is 1.47. The number of rotatable bonds is 5. The highest BCUT2D eigenvalue weighted by Gasteiger charge is 2.25. The van der Waals surface area contributed by atoms with Crippen molar-refractivity contribution >= 4 is 17.5 Å². The Labute approximate surface area is 162 Å². The van der Waals surface area contributed by atoms with Crippen molar-refractivity contribution in [3.05, 3.63) is 16.4 Å². The fourth-order valence-corrected chi connectivity index (χ4v) is 4.38. The SMILES string of the molecule is Cc1nn(C)c(Cl)c1CN1CCC[C@@H](CCC(=O)N2CCN(C)CC2)C1. The number of aryl methyl sites for hydroxylation is 2. The Morgan fingerprint density at radius 3 is 2.58 bits per heavy atom. The van der Waals surface area contributed by atoms with Gasteiger partial charge in [-0.3, -0.25) is 14.4 Å². The van der Waals surface area contributed by atoms with Gasteiger partial charge in [-0.15, -0.1) is 0 Å². The largest absolute Gasteiger partial charge is 0.340 e. The van der Waals surface area contributed by atoms with Gasteiger partial charge in [0.2, 0.25) is 5.91 Å². The normalized spacial score (nSPS) is 22.8. The van der Waals surface area contributed by atoms with E-state index in [9.17, 15) is 4.79 Å². The minimum Gasteiger partial charge on any atom is -0.340 e. The molecule has 3 heterocycles. The molecule has 0 saturated carbocycles. The second-order valence-corrected chi connectivity index (χ2v) is 8.30. The summed E-state index contributed by atoms with van der Waals surface area (Å²) in [5.41, 5.74) is 2.16. The molecule has 6 nitrogen and oxygen atoms in total. The number of piperazine rings is 1. The van der Waals surface area contributed by atoms with Gasteiger partial charge in [0.25, 0.3) is 0 Å². The lowest BCUT2D eigenvalue weighted by Gasteiger charge is -2.34. The summed E-state index contributed by atoms with van der Waals surface area (Å²) in [6, 6.07) is 0. The number of piperidine rings is 1. The van der Waals surface area contributed by atoms with Gasteiger partial charge in [-0.1, -0.05) is 11.6 Å². The third-order valence-electron chi connectivity index (χ3n) is 5.88. The molecule has 2 fully saturated rings. The van der Waals surface area contributed by atoms with Crippen LogP contribution in [0, 0.1) is 12.8 Å². The Hall–Kier alpha value is -1.11. The van der Waals surface area contributed by atoms with Gasteiger partial charge in [0.05, 0.1) is 5.69 Å². The number of likely N-dealkylation sites (N-methyl/N-ethyl adjacent to an activating group) is 1. The van der Waals surface area contributed by atoms with Crippen molar-refractivity contribution in [2.45, 2.75) is 39.2 Å². The Morgan fingerprint density at radius 2 is 1.92 bits per heavy atom. The minimum atomic E-state index is 0.335. The van der Waals surface area contributed by atoms with E-state index in [1.165, 1.54) is 12.8 Å². The van der Waals surface area contributed by atoms with Crippen LogP contribution in [0.2, 0.25) is 5.15 Å². The first kappa shape index (κ1) is 19.6. The van der Waals surface area contributed by atoms with E-state index in [-0.39, 0.29) is 0 Å². The van der Waals surface area contributed by atoms with Gasteiger partial charge in [-0.25, -0.2) is 0 Å². The van der Waals surface area contributed by atoms with E-state index in [4.69, 9.17) is 11.6 Å². The lowest BCUT2D eigenvalue weighted by molar-refractivity contribution is -0.133. The van der Waals surface area contributed by atoms with Crippen LogP contribution in [-0.4, -0.2) is 76.7 Å². The van der Waals surface area contributed by atoms with E-state index in [1.807, 2.05) is 18.9 Å². The van der Waals surface area contributed by atoms with E-state index in [1.54, 1.807) is 4.68 Å². The van der Waals surface area contributed by atoms with Crippen LogP contribution in [-0.2, 0) is 18.4 Å². The molecule has 1 aromatic heterocycles. The molecule has 2 aliphatic rings. The van der Waals surface area contributed by atoms with Crippen molar-refractivity contribution < 1.29 is 4.79 Å². The molecule has 2 saturated heterocycles. The number of carbonyl (C=O) groups is 1. The van der Waals surface area contributed by atoms with Crippen molar-refractivity contribution in [1.82, 2.24) is 24.5 Å². The predicted octanol–water partition coefficient (Wildman–Crippen LogP) is 2.15. The van der Waals surface area contributed by atoms with Gasteiger partial charge in [-0.05, 0) is 45.7 Å². The monoisotopic (exact) mass is 381 g/mol. The highest BCUT2D eigenvalue weighted by Crippen LogP contribution is 2.26. The molecule has 0 aliphatic carbocycles. The number of carbonyl (C=O) groups excluding carboxylic acids is 1. The van der Waals surface area contributed by atoms with Crippen LogP contribution in [0.25, 0.3) is 0 Å². The maximum Gasteiger partial charge on any atom is 0.222 e. The number of aromatic nitrogens is 2. The zero-order chi connectivity index (χ0) is 18.7. The van der Waals surface area contributed by atoms with Crippen molar-refractivity contribution in [1.29, 1.82) is 0 Å². The third kappa shape index (κ3) is 4.78. The smallest absolute Gasteiger partial charge is 0.222 e. The lowest BCUT2D eigenvalue weighted by atomic mass is 9.93. The van der Waals surface area contributed by atoms with Gasteiger partial charge < -0.3 is 9.80 Å². The summed E-state index contributed by atoms with van der Waals surface area (Å²) in [4.78, 5) is 19.3. The molecular formula is C19H32ClN5O. The number of likely N-dealkylation sites (tertiary alicyclic amines) is 1. The van der Waals surface area contributed by atoms with Crippen molar-refractivity contribution in [3.8, 4) is 0 Å². The van der Waals surface area contributed by atoms with Crippen LogP contribution in [0.1, 0.15) is 36.9 Å². The standard InChI is InChI=1S/C19H32ClN5O/c1-15-17(19(20)23(3)21-15)14-24-8-4-5-16(13-24)6-7-18(26)25-11-9-22(2)10-12-25/h16H,4-14H2,1-3H3/t16-/m0/s1. The van der Waals surface area contributed by atoms with E-state index in [0.29, 0.717) is 18.2 Å². The number of hydrogen-bond donors (Lipinski definition) is 0. The molecule has 7 heteroatoms. The lowest BCUT2D eigenvalue weighted by Crippen LogP contribution is -2.47. The summed E-state index contributed by atoms with van der Waals surface area (Å²) in [6.07, 6.45) is 4.12. The minimum absolute atomic E-state index is 0.335. The first-order valence-corrected chi connectivity index (χ1v) is 10.2. The molecule has 0 bridgehead atoms. The quantitative estimate of drug-likeness (QED) is 0.784. The zero-order valence-corrected chi connectivity index (χ0v) is 17.1. The van der Waals surface area contributed by atoms with Crippen LogP contribution in [0.4, 0.5) is 0 Å². The molecule has 26 heavy (non-hydrogen) atoms. The summed E-state index contributed by atoms with van der Waals surface area (Å²) in [6.45, 7) is 8.80. The summed E-state index contributed by atoms with van der Waals surface area (Å²) in [5.74, 6) is 0.942. The first-order valence-electron chi connectivity index (χ1n) is 9.80. The van der Waals surface area contributed by atoms with E-state index in [0.717, 1.165) is 68.6 Å². The number of halogens is 1. The molecule has 1 atom stereocenters. The Bertz CT molecular complexity index is 624. The van der Waals surface area contributed by atoms with Gasteiger partial charge in [0, 0.05) is 58.3 Å². The summed E-state index contributed by atoms with van der Waals surface area (Å²) in [5, 5.41) is 5.16. The maximum atomic E-state index is 12.5. The van der Waals surface area contributed by atoms with Crippen LogP contribution >= 0.6 is 11.6 Å². The molecule has 0 aromatic carbocycles. The van der Waals surface area contributed by atoms with Gasteiger partial charge in [0.1, 0.15) is 5.15 Å². The molecule has 0 unspecified atom stereocenters. The second kappa shape index (κ2) is 8.72. The molecule has 0 spiro atoms. The van der Waals surface area contributed by atoms with Crippen LogP contribution in [0.15, 0.2) is 0 Å². The van der Waals surface area contributed by atoms with E-state index < -0.39 is 0 Å². The molecule has 1 aromatic rings. The fourth-order valence-electron chi connectivity index (χ4n) is 4.15. The van der Waals surface area contributed by atoms with Crippen LogP contribution in [0.3, 0.4) is 0 Å². The van der Waals surface area contributed by atoms with Gasteiger partial charge in [-0.2, -0.15) is 5.10 Å². The predicted molar refractivity (Wildman–Crippen MR) is 104 cm³/mol. The van der Waals surface area contributed by atoms with Crippen molar-refractivity contribution in [2.75, 3.05) is 46.3 Å². The molecule has 0 N–H and O–H groups in total. The Morgan fingerprint density at radius 1 is 1.19 bits per heavy atom.